The van der Waals surface area contributed by atoms with Gasteiger partial charge in [0.1, 0.15) is 6.04 Å². The van der Waals surface area contributed by atoms with Gasteiger partial charge < -0.3 is 5.32 Å². The number of carbonyl (C=O) groups excluding carboxylic acids is 2. The Balaban J connectivity index is 2.15. The van der Waals surface area contributed by atoms with Crippen LogP contribution in [0.3, 0.4) is 0 Å². The lowest BCUT2D eigenvalue weighted by Crippen LogP contribution is -2.31. The number of rotatable bonds is 2. The van der Waals surface area contributed by atoms with Gasteiger partial charge in [0.15, 0.2) is 0 Å². The number of hydrogen-bond acceptors (Lipinski definition) is 3. The highest BCUT2D eigenvalue weighted by Gasteiger charge is 2.36. The number of hydrogen-bond donors (Lipinski definition) is 1. The van der Waals surface area contributed by atoms with E-state index in [1.54, 1.807) is 18.2 Å². The minimum Gasteiger partial charge on any atom is -0.372 e. The Kier molecular flexibility index (Phi) is 2.83. The van der Waals surface area contributed by atoms with Gasteiger partial charge in [-0.3, -0.25) is 14.5 Å². The lowest BCUT2D eigenvalue weighted by molar-refractivity contribution is -0.136. The van der Waals surface area contributed by atoms with E-state index in [1.165, 1.54) is 7.05 Å². The van der Waals surface area contributed by atoms with Gasteiger partial charge in [0.25, 0.3) is 5.91 Å². The summed E-state index contributed by atoms with van der Waals surface area (Å²) in [6.07, 6.45) is 0.181. The van der Waals surface area contributed by atoms with Gasteiger partial charge in [0.05, 0.1) is 17.1 Å². The van der Waals surface area contributed by atoms with E-state index in [2.05, 4.69) is 5.32 Å². The maximum absolute atomic E-state index is 11.6. The molecule has 5 heteroatoms. The zero-order valence-electron chi connectivity index (χ0n) is 8.74. The molecule has 1 atom stereocenters. The van der Waals surface area contributed by atoms with Gasteiger partial charge >= 0.3 is 0 Å². The zero-order chi connectivity index (χ0) is 11.7. The van der Waals surface area contributed by atoms with Crippen LogP contribution in [0.2, 0.25) is 5.02 Å². The van der Waals surface area contributed by atoms with E-state index >= 15 is 0 Å². The molecule has 1 aliphatic rings. The molecule has 0 aliphatic carbocycles. The van der Waals surface area contributed by atoms with Gasteiger partial charge in [-0.2, -0.15) is 0 Å². The second-order valence-corrected chi connectivity index (χ2v) is 4.08. The Morgan fingerprint density at radius 2 is 2.06 bits per heavy atom. The molecule has 1 aliphatic heterocycles. The molecule has 1 unspecified atom stereocenters. The average molecular weight is 239 g/mol. The highest BCUT2D eigenvalue weighted by Crippen LogP contribution is 2.24. The molecule has 1 heterocycles. The largest absolute Gasteiger partial charge is 0.372 e. The molecule has 2 amide bonds. The van der Waals surface area contributed by atoms with E-state index in [1.807, 2.05) is 6.07 Å². The lowest BCUT2D eigenvalue weighted by atomic mass is 10.2. The van der Waals surface area contributed by atoms with Crippen LogP contribution in [0.4, 0.5) is 5.69 Å². The molecule has 0 radical (unpaired) electrons. The van der Waals surface area contributed by atoms with Gasteiger partial charge in [-0.15, -0.1) is 0 Å². The molecule has 4 nitrogen and oxygen atoms in total. The molecule has 1 saturated heterocycles. The van der Waals surface area contributed by atoms with Gasteiger partial charge in [-0.25, -0.2) is 0 Å². The minimum atomic E-state index is -0.502. The van der Waals surface area contributed by atoms with Crippen molar-refractivity contribution in [3.63, 3.8) is 0 Å². The summed E-state index contributed by atoms with van der Waals surface area (Å²) >= 11 is 5.95. The number of imide groups is 1. The molecule has 0 aromatic heterocycles. The fourth-order valence-corrected chi connectivity index (χ4v) is 1.82. The summed E-state index contributed by atoms with van der Waals surface area (Å²) in [6.45, 7) is 0. The zero-order valence-corrected chi connectivity index (χ0v) is 9.49. The topological polar surface area (TPSA) is 49.4 Å². The van der Waals surface area contributed by atoms with Crippen molar-refractivity contribution in [2.75, 3.05) is 12.4 Å². The molecule has 1 aromatic carbocycles. The summed E-state index contributed by atoms with van der Waals surface area (Å²) in [7, 11) is 1.49. The van der Waals surface area contributed by atoms with Crippen LogP contribution in [0.5, 0.6) is 0 Å². The maximum atomic E-state index is 11.6. The van der Waals surface area contributed by atoms with E-state index in [0.29, 0.717) is 10.7 Å². The summed E-state index contributed by atoms with van der Waals surface area (Å²) in [5, 5.41) is 3.51. The highest BCUT2D eigenvalue weighted by molar-refractivity contribution is 6.33. The van der Waals surface area contributed by atoms with E-state index in [4.69, 9.17) is 11.6 Å². The van der Waals surface area contributed by atoms with Crippen LogP contribution in [-0.2, 0) is 9.59 Å². The Labute approximate surface area is 98.2 Å². The van der Waals surface area contributed by atoms with Crippen molar-refractivity contribution >= 4 is 29.1 Å². The fraction of sp³-hybridized carbons (Fsp3) is 0.273. The van der Waals surface area contributed by atoms with Crippen molar-refractivity contribution in [2.45, 2.75) is 12.5 Å². The van der Waals surface area contributed by atoms with E-state index in [9.17, 15) is 9.59 Å². The number of para-hydroxylation sites is 1. The molecular weight excluding hydrogens is 228 g/mol. The molecule has 1 aromatic rings. The Bertz CT molecular complexity index is 447. The van der Waals surface area contributed by atoms with E-state index in [-0.39, 0.29) is 18.2 Å². The molecule has 0 spiro atoms. The first-order valence-electron chi connectivity index (χ1n) is 4.91. The van der Waals surface area contributed by atoms with E-state index in [0.717, 1.165) is 4.90 Å². The number of carbonyl (C=O) groups is 2. The number of halogens is 1. The maximum Gasteiger partial charge on any atom is 0.251 e. The van der Waals surface area contributed by atoms with Crippen molar-refractivity contribution < 1.29 is 9.59 Å². The Morgan fingerprint density at radius 1 is 1.38 bits per heavy atom. The number of amides is 2. The predicted octanol–water partition coefficient (Wildman–Crippen LogP) is 1.51. The van der Waals surface area contributed by atoms with Crippen LogP contribution in [0.1, 0.15) is 6.42 Å². The van der Waals surface area contributed by atoms with Crippen LogP contribution in [0, 0.1) is 0 Å². The average Bonchev–Trinajstić information content (AvgIpc) is 2.50. The van der Waals surface area contributed by atoms with Crippen LogP contribution in [0.15, 0.2) is 24.3 Å². The summed E-state index contributed by atoms with van der Waals surface area (Å²) in [6, 6.07) is 6.63. The molecule has 1 N–H and O–H groups in total. The monoisotopic (exact) mass is 238 g/mol. The smallest absolute Gasteiger partial charge is 0.251 e. The Hall–Kier alpha value is -1.55. The predicted molar refractivity (Wildman–Crippen MR) is 61.3 cm³/mol. The first-order valence-corrected chi connectivity index (χ1v) is 5.29. The van der Waals surface area contributed by atoms with Crippen LogP contribution < -0.4 is 5.32 Å². The molecule has 16 heavy (non-hydrogen) atoms. The number of anilines is 1. The van der Waals surface area contributed by atoms with Gasteiger partial charge in [0, 0.05) is 7.05 Å². The van der Waals surface area contributed by atoms with Crippen molar-refractivity contribution in [3.8, 4) is 0 Å². The summed E-state index contributed by atoms with van der Waals surface area (Å²) in [5.74, 6) is -0.389. The van der Waals surface area contributed by atoms with Gasteiger partial charge in [-0.05, 0) is 12.1 Å². The number of nitrogens with one attached hydrogen (secondary N) is 1. The molecule has 84 valence electrons. The summed E-state index contributed by atoms with van der Waals surface area (Å²) in [5.41, 5.74) is 0.672. The highest BCUT2D eigenvalue weighted by atomic mass is 35.5. The van der Waals surface area contributed by atoms with Crippen molar-refractivity contribution in [2.24, 2.45) is 0 Å². The molecule has 0 bridgehead atoms. The van der Waals surface area contributed by atoms with Crippen LogP contribution in [0.25, 0.3) is 0 Å². The first kappa shape index (κ1) is 11.0. The van der Waals surface area contributed by atoms with Gasteiger partial charge in [-0.1, -0.05) is 23.7 Å². The standard InChI is InChI=1S/C11H11ClN2O2/c1-14-10(15)6-9(11(14)16)13-8-5-3-2-4-7(8)12/h2-5,9,13H,6H2,1H3. The number of likely N-dealkylation sites (N-methyl/N-ethyl adjacent to an activating group) is 1. The number of nitrogens with zero attached hydrogens (tertiary/aromatic N) is 1. The SMILES string of the molecule is CN1C(=O)CC(Nc2ccccc2Cl)C1=O. The quantitative estimate of drug-likeness (QED) is 0.795. The summed E-state index contributed by atoms with van der Waals surface area (Å²) < 4.78 is 0. The van der Waals surface area contributed by atoms with Crippen LogP contribution in [-0.4, -0.2) is 29.8 Å². The normalized spacial score (nSPS) is 20.4. The fourth-order valence-electron chi connectivity index (χ4n) is 1.63. The third-order valence-corrected chi connectivity index (χ3v) is 2.91. The van der Waals surface area contributed by atoms with Crippen LogP contribution >= 0.6 is 11.6 Å². The van der Waals surface area contributed by atoms with Gasteiger partial charge in [0.2, 0.25) is 5.91 Å². The second-order valence-electron chi connectivity index (χ2n) is 3.67. The lowest BCUT2D eigenvalue weighted by Gasteiger charge is -2.13. The minimum absolute atomic E-state index is 0.172. The third-order valence-electron chi connectivity index (χ3n) is 2.59. The second kappa shape index (κ2) is 4.14. The van der Waals surface area contributed by atoms with Crippen molar-refractivity contribution in [1.29, 1.82) is 0 Å². The summed E-state index contributed by atoms with van der Waals surface area (Å²) in [4.78, 5) is 24.1. The van der Waals surface area contributed by atoms with E-state index < -0.39 is 6.04 Å². The van der Waals surface area contributed by atoms with Crippen molar-refractivity contribution in [3.05, 3.63) is 29.3 Å². The Morgan fingerprint density at radius 3 is 2.62 bits per heavy atom. The molecule has 1 fully saturated rings. The third kappa shape index (κ3) is 1.88. The molecule has 2 rings (SSSR count). The molecule has 0 saturated carbocycles. The van der Waals surface area contributed by atoms with Crippen molar-refractivity contribution in [1.82, 2.24) is 4.90 Å². The number of likely N-dealkylation sites (tertiary alicyclic amines) is 1. The first-order chi connectivity index (χ1) is 7.59. The molecular formula is C11H11ClN2O2. The number of benzene rings is 1.